The number of hydrogen-bond acceptors (Lipinski definition) is 2. The van der Waals surface area contributed by atoms with Crippen LogP contribution in [0.5, 0.6) is 0 Å². The molecule has 3 rings (SSSR count). The van der Waals surface area contributed by atoms with E-state index < -0.39 is 0 Å². The minimum absolute atomic E-state index is 0.0590. The maximum Gasteiger partial charge on any atom is 0.219 e. The van der Waals surface area contributed by atoms with Crippen molar-refractivity contribution in [2.45, 2.75) is 26.3 Å². The van der Waals surface area contributed by atoms with Crippen molar-refractivity contribution >= 4 is 28.5 Å². The van der Waals surface area contributed by atoms with Gasteiger partial charge in [-0.1, -0.05) is 48.9 Å². The van der Waals surface area contributed by atoms with E-state index in [1.54, 1.807) is 0 Å². The number of hydrogen-bond donors (Lipinski definition) is 1. The summed E-state index contributed by atoms with van der Waals surface area (Å²) in [5.74, 6) is 1.01. The highest BCUT2D eigenvalue weighted by atomic mass is 35.5. The molecule has 0 aliphatic carbocycles. The summed E-state index contributed by atoms with van der Waals surface area (Å²) >= 11 is 6.32. The number of imidazole rings is 1. The number of aromatic nitrogens is 2. The molecule has 2 aromatic carbocycles. The summed E-state index contributed by atoms with van der Waals surface area (Å²) in [6.07, 6.45) is 1.18. The second kappa shape index (κ2) is 7.49. The van der Waals surface area contributed by atoms with Gasteiger partial charge in [-0.3, -0.25) is 4.79 Å². The Hall–Kier alpha value is -2.33. The molecule has 0 fully saturated rings. The quantitative estimate of drug-likeness (QED) is 0.741. The summed E-state index contributed by atoms with van der Waals surface area (Å²) in [5.41, 5.74) is 3.09. The van der Waals surface area contributed by atoms with Crippen molar-refractivity contribution in [3.05, 3.63) is 64.9 Å². The average molecular weight is 342 g/mol. The Bertz CT molecular complexity index is 857. The Morgan fingerprint density at radius 1 is 1.17 bits per heavy atom. The van der Waals surface area contributed by atoms with Crippen LogP contribution >= 0.6 is 11.6 Å². The second-order valence-corrected chi connectivity index (χ2v) is 6.06. The van der Waals surface area contributed by atoms with Gasteiger partial charge in [0.15, 0.2) is 0 Å². The normalized spacial score (nSPS) is 10.9. The van der Waals surface area contributed by atoms with E-state index in [9.17, 15) is 4.79 Å². The molecule has 1 amide bonds. The maximum absolute atomic E-state index is 11.4. The number of para-hydroxylation sites is 2. The molecule has 1 aromatic heterocycles. The third-order valence-corrected chi connectivity index (χ3v) is 4.38. The number of benzene rings is 2. The predicted molar refractivity (Wildman–Crippen MR) is 97.3 cm³/mol. The fraction of sp³-hybridized carbons (Fsp3) is 0.263. The van der Waals surface area contributed by atoms with Crippen molar-refractivity contribution in [1.29, 1.82) is 0 Å². The van der Waals surface area contributed by atoms with Gasteiger partial charge in [0.05, 0.1) is 17.6 Å². The van der Waals surface area contributed by atoms with E-state index in [2.05, 4.69) is 16.0 Å². The molecule has 0 bridgehead atoms. The van der Waals surface area contributed by atoms with Crippen LogP contribution in [0.15, 0.2) is 48.5 Å². The van der Waals surface area contributed by atoms with Crippen molar-refractivity contribution in [1.82, 2.24) is 14.9 Å². The first-order valence-electron chi connectivity index (χ1n) is 8.13. The van der Waals surface area contributed by atoms with Gasteiger partial charge in [-0.2, -0.15) is 0 Å². The van der Waals surface area contributed by atoms with Gasteiger partial charge in [0.25, 0.3) is 0 Å². The van der Waals surface area contributed by atoms with Gasteiger partial charge in [-0.15, -0.1) is 0 Å². The molecule has 4 nitrogen and oxygen atoms in total. The van der Waals surface area contributed by atoms with Crippen LogP contribution in [0.2, 0.25) is 5.02 Å². The summed E-state index contributed by atoms with van der Waals surface area (Å²) in [5, 5.41) is 3.66. The SMILES string of the molecule is CCC(=O)NCCc1nc2ccccc2n1Cc1ccccc1Cl. The van der Waals surface area contributed by atoms with Crippen LogP contribution in [0.4, 0.5) is 0 Å². The summed E-state index contributed by atoms with van der Waals surface area (Å²) in [4.78, 5) is 16.2. The predicted octanol–water partition coefficient (Wildman–Crippen LogP) is 3.81. The summed E-state index contributed by atoms with van der Waals surface area (Å²) in [7, 11) is 0. The molecule has 0 aliphatic rings. The van der Waals surface area contributed by atoms with E-state index in [1.807, 2.05) is 49.4 Å². The number of halogens is 1. The summed E-state index contributed by atoms with van der Waals surface area (Å²) < 4.78 is 2.18. The third kappa shape index (κ3) is 3.60. The van der Waals surface area contributed by atoms with Crippen LogP contribution in [-0.4, -0.2) is 22.0 Å². The summed E-state index contributed by atoms with van der Waals surface area (Å²) in [6.45, 7) is 3.09. The highest BCUT2D eigenvalue weighted by Crippen LogP contribution is 2.22. The van der Waals surface area contributed by atoms with Gasteiger partial charge < -0.3 is 9.88 Å². The fourth-order valence-electron chi connectivity index (χ4n) is 2.73. The average Bonchev–Trinajstić information content (AvgIpc) is 2.94. The highest BCUT2D eigenvalue weighted by Gasteiger charge is 2.12. The lowest BCUT2D eigenvalue weighted by Gasteiger charge is -2.11. The monoisotopic (exact) mass is 341 g/mol. The molecule has 0 atom stereocenters. The Morgan fingerprint density at radius 3 is 2.71 bits per heavy atom. The molecule has 0 saturated carbocycles. The van der Waals surface area contributed by atoms with Crippen molar-refractivity contribution in [2.24, 2.45) is 0 Å². The van der Waals surface area contributed by atoms with Crippen molar-refractivity contribution in [3.8, 4) is 0 Å². The van der Waals surface area contributed by atoms with Gasteiger partial charge in [0.2, 0.25) is 5.91 Å². The lowest BCUT2D eigenvalue weighted by molar-refractivity contribution is -0.120. The maximum atomic E-state index is 11.4. The number of rotatable bonds is 6. The Kier molecular flexibility index (Phi) is 5.16. The molecule has 0 saturated heterocycles. The number of nitrogens with zero attached hydrogens (tertiary/aromatic N) is 2. The highest BCUT2D eigenvalue weighted by molar-refractivity contribution is 6.31. The standard InChI is InChI=1S/C19H20ClN3O/c1-2-19(24)21-12-11-18-22-16-9-5-6-10-17(16)23(18)13-14-7-3-4-8-15(14)20/h3-10H,2,11-13H2,1H3,(H,21,24). The zero-order valence-electron chi connectivity index (χ0n) is 13.6. The number of carbonyl (C=O) groups excluding carboxylic acids is 1. The molecule has 5 heteroatoms. The minimum Gasteiger partial charge on any atom is -0.356 e. The Balaban J connectivity index is 1.90. The molecule has 1 N–H and O–H groups in total. The largest absolute Gasteiger partial charge is 0.356 e. The van der Waals surface area contributed by atoms with Gasteiger partial charge in [0.1, 0.15) is 5.82 Å². The summed E-state index contributed by atoms with van der Waals surface area (Å²) in [6, 6.07) is 15.9. The van der Waals surface area contributed by atoms with E-state index in [-0.39, 0.29) is 5.91 Å². The molecule has 124 valence electrons. The number of carbonyl (C=O) groups is 1. The molecule has 0 spiro atoms. The zero-order valence-corrected chi connectivity index (χ0v) is 14.4. The van der Waals surface area contributed by atoms with E-state index in [0.29, 0.717) is 25.9 Å². The van der Waals surface area contributed by atoms with Crippen LogP contribution in [0.25, 0.3) is 11.0 Å². The van der Waals surface area contributed by atoms with Gasteiger partial charge in [-0.25, -0.2) is 4.98 Å². The topological polar surface area (TPSA) is 46.9 Å². The van der Waals surface area contributed by atoms with Crippen molar-refractivity contribution < 1.29 is 4.79 Å². The second-order valence-electron chi connectivity index (χ2n) is 5.65. The van der Waals surface area contributed by atoms with E-state index in [1.165, 1.54) is 0 Å². The third-order valence-electron chi connectivity index (χ3n) is 4.01. The Labute approximate surface area is 146 Å². The lowest BCUT2D eigenvalue weighted by Crippen LogP contribution is -2.25. The van der Waals surface area contributed by atoms with E-state index >= 15 is 0 Å². The van der Waals surface area contributed by atoms with E-state index in [4.69, 9.17) is 16.6 Å². The molecule has 3 aromatic rings. The Morgan fingerprint density at radius 2 is 1.92 bits per heavy atom. The van der Waals surface area contributed by atoms with E-state index in [0.717, 1.165) is 27.4 Å². The smallest absolute Gasteiger partial charge is 0.219 e. The molecule has 0 unspecified atom stereocenters. The van der Waals surface area contributed by atoms with Crippen LogP contribution in [0, 0.1) is 0 Å². The molecule has 1 heterocycles. The fourth-order valence-corrected chi connectivity index (χ4v) is 2.92. The molecular weight excluding hydrogens is 322 g/mol. The van der Waals surface area contributed by atoms with Crippen LogP contribution < -0.4 is 5.32 Å². The first-order chi connectivity index (χ1) is 11.7. The minimum atomic E-state index is 0.0590. The first kappa shape index (κ1) is 16.5. The number of amides is 1. The van der Waals surface area contributed by atoms with Gasteiger partial charge >= 0.3 is 0 Å². The van der Waals surface area contributed by atoms with Crippen molar-refractivity contribution in [3.63, 3.8) is 0 Å². The van der Waals surface area contributed by atoms with Crippen LogP contribution in [0.1, 0.15) is 24.7 Å². The first-order valence-corrected chi connectivity index (χ1v) is 8.51. The number of nitrogens with one attached hydrogen (secondary N) is 1. The zero-order chi connectivity index (χ0) is 16.9. The molecule has 0 aliphatic heterocycles. The van der Waals surface area contributed by atoms with Gasteiger partial charge in [-0.05, 0) is 23.8 Å². The van der Waals surface area contributed by atoms with Crippen molar-refractivity contribution in [2.75, 3.05) is 6.54 Å². The van der Waals surface area contributed by atoms with Crippen LogP contribution in [0.3, 0.4) is 0 Å². The molecular formula is C19H20ClN3O. The van der Waals surface area contributed by atoms with Crippen LogP contribution in [-0.2, 0) is 17.8 Å². The lowest BCUT2D eigenvalue weighted by atomic mass is 10.2. The number of fused-ring (bicyclic) bond motifs is 1. The molecule has 0 radical (unpaired) electrons. The van der Waals surface area contributed by atoms with Gasteiger partial charge in [0, 0.05) is 24.4 Å². The molecule has 24 heavy (non-hydrogen) atoms.